The van der Waals surface area contributed by atoms with Crippen molar-refractivity contribution in [3.05, 3.63) is 29.3 Å². The molecular weight excluding hydrogens is 443 g/mol. The summed E-state index contributed by atoms with van der Waals surface area (Å²) in [5, 5.41) is 9.15. The summed E-state index contributed by atoms with van der Waals surface area (Å²) in [6, 6.07) is 6.13. The van der Waals surface area contributed by atoms with E-state index in [2.05, 4.69) is 27.0 Å². The van der Waals surface area contributed by atoms with Gasteiger partial charge in [0.25, 0.3) is 0 Å². The molecule has 26 heavy (non-hydrogen) atoms. The summed E-state index contributed by atoms with van der Waals surface area (Å²) in [5.74, 6) is 1.54. The van der Waals surface area contributed by atoms with Crippen molar-refractivity contribution >= 4 is 35.8 Å². The van der Waals surface area contributed by atoms with Crippen molar-refractivity contribution in [2.45, 2.75) is 41.2 Å². The molecule has 0 spiro atoms. The van der Waals surface area contributed by atoms with Crippen LogP contribution in [0.3, 0.4) is 0 Å². The zero-order chi connectivity index (χ0) is 18.9. The van der Waals surface area contributed by atoms with Crippen LogP contribution in [-0.4, -0.2) is 38.6 Å². The first-order valence-corrected chi connectivity index (χ1v) is 8.80. The van der Waals surface area contributed by atoms with Gasteiger partial charge in [0, 0.05) is 25.7 Å². The number of nitrogens with one attached hydrogen (secondary N) is 3. The molecule has 0 heterocycles. The molecule has 0 aliphatic rings. The van der Waals surface area contributed by atoms with Crippen LogP contribution in [0.25, 0.3) is 0 Å². The summed E-state index contributed by atoms with van der Waals surface area (Å²) in [5.41, 5.74) is 1.68. The van der Waals surface area contributed by atoms with E-state index in [1.807, 2.05) is 46.8 Å². The van der Waals surface area contributed by atoms with E-state index in [4.69, 9.17) is 4.74 Å². The third-order valence-corrected chi connectivity index (χ3v) is 3.81. The van der Waals surface area contributed by atoms with Crippen LogP contribution in [0, 0.1) is 12.3 Å². The number of amides is 1. The van der Waals surface area contributed by atoms with Crippen molar-refractivity contribution in [3.63, 3.8) is 0 Å². The predicted molar refractivity (Wildman–Crippen MR) is 118 cm³/mol. The van der Waals surface area contributed by atoms with Crippen LogP contribution in [0.15, 0.2) is 23.2 Å². The Morgan fingerprint density at radius 3 is 2.50 bits per heavy atom. The highest BCUT2D eigenvalue weighted by Gasteiger charge is 2.26. The lowest BCUT2D eigenvalue weighted by atomic mass is 9.92. The van der Waals surface area contributed by atoms with Gasteiger partial charge in [0.1, 0.15) is 5.75 Å². The number of aliphatic imine (C=N–C) groups is 1. The van der Waals surface area contributed by atoms with Gasteiger partial charge in [0.05, 0.1) is 18.6 Å². The summed E-state index contributed by atoms with van der Waals surface area (Å²) in [4.78, 5) is 16.5. The van der Waals surface area contributed by atoms with Gasteiger partial charge in [-0.15, -0.1) is 24.0 Å². The van der Waals surface area contributed by atoms with Gasteiger partial charge in [-0.2, -0.15) is 0 Å². The van der Waals surface area contributed by atoms with Gasteiger partial charge in [-0.25, -0.2) is 4.99 Å². The number of carbonyl (C=O) groups is 1. The molecule has 0 aliphatic carbocycles. The Labute approximate surface area is 174 Å². The molecular formula is C19H33IN4O2. The number of halogens is 1. The Bertz CT molecular complexity index is 603. The summed E-state index contributed by atoms with van der Waals surface area (Å²) in [6.07, 6.45) is 0. The molecule has 3 N–H and O–H groups in total. The maximum Gasteiger partial charge on any atom is 0.227 e. The van der Waals surface area contributed by atoms with Gasteiger partial charge in [0.15, 0.2) is 5.96 Å². The van der Waals surface area contributed by atoms with Gasteiger partial charge >= 0.3 is 0 Å². The first-order valence-electron chi connectivity index (χ1n) is 8.80. The van der Waals surface area contributed by atoms with E-state index < -0.39 is 5.41 Å². The standard InChI is InChI=1S/C19H32N4O2.HI/c1-7-21-18(23-13-19(4,5)17(24)20-6)22-12-15-10-9-14(3)11-16(15)25-8-2;/h9-11H,7-8,12-13H2,1-6H3,(H,20,24)(H2,21,22,23);1H. The van der Waals surface area contributed by atoms with Crippen molar-refractivity contribution in [2.75, 3.05) is 26.7 Å². The van der Waals surface area contributed by atoms with Crippen molar-refractivity contribution in [1.29, 1.82) is 0 Å². The minimum absolute atomic E-state index is 0. The maximum absolute atomic E-state index is 11.9. The number of ether oxygens (including phenoxy) is 1. The number of hydrogen-bond donors (Lipinski definition) is 3. The number of benzene rings is 1. The monoisotopic (exact) mass is 476 g/mol. The largest absolute Gasteiger partial charge is 0.494 e. The van der Waals surface area contributed by atoms with Crippen LogP contribution < -0.4 is 20.7 Å². The Balaban J connectivity index is 0.00000625. The van der Waals surface area contributed by atoms with Crippen molar-refractivity contribution in [1.82, 2.24) is 16.0 Å². The average molecular weight is 476 g/mol. The first-order chi connectivity index (χ1) is 11.8. The third kappa shape index (κ3) is 7.80. The molecule has 0 saturated heterocycles. The number of nitrogens with zero attached hydrogens (tertiary/aromatic N) is 1. The minimum Gasteiger partial charge on any atom is -0.494 e. The van der Waals surface area contributed by atoms with Gasteiger partial charge in [-0.1, -0.05) is 12.1 Å². The van der Waals surface area contributed by atoms with Crippen LogP contribution in [0.1, 0.15) is 38.8 Å². The Morgan fingerprint density at radius 1 is 1.23 bits per heavy atom. The molecule has 1 aromatic carbocycles. The first kappa shape index (κ1) is 24.5. The second-order valence-corrected chi connectivity index (χ2v) is 6.56. The lowest BCUT2D eigenvalue weighted by molar-refractivity contribution is -0.128. The molecule has 1 amide bonds. The van der Waals surface area contributed by atoms with Gasteiger partial charge in [-0.3, -0.25) is 4.79 Å². The lowest BCUT2D eigenvalue weighted by Crippen LogP contribution is -2.47. The third-order valence-electron chi connectivity index (χ3n) is 3.81. The summed E-state index contributed by atoms with van der Waals surface area (Å²) < 4.78 is 5.71. The topological polar surface area (TPSA) is 74.8 Å². The number of guanidine groups is 1. The Kier molecular flexibility index (Phi) is 11.3. The molecule has 0 unspecified atom stereocenters. The van der Waals surface area contributed by atoms with Crippen LogP contribution in [-0.2, 0) is 11.3 Å². The molecule has 0 aliphatic heterocycles. The Morgan fingerprint density at radius 2 is 1.92 bits per heavy atom. The molecule has 0 atom stereocenters. The van der Waals surface area contributed by atoms with Crippen LogP contribution in [0.5, 0.6) is 5.75 Å². The molecule has 1 aromatic rings. The normalized spacial score (nSPS) is 11.4. The molecule has 0 fully saturated rings. The molecule has 0 radical (unpaired) electrons. The van der Waals surface area contributed by atoms with E-state index in [1.165, 1.54) is 0 Å². The van der Waals surface area contributed by atoms with Crippen LogP contribution >= 0.6 is 24.0 Å². The molecule has 0 saturated carbocycles. The molecule has 7 heteroatoms. The Hall–Kier alpha value is -1.51. The van der Waals surface area contributed by atoms with E-state index >= 15 is 0 Å². The zero-order valence-electron chi connectivity index (χ0n) is 16.7. The van der Waals surface area contributed by atoms with E-state index in [0.29, 0.717) is 25.7 Å². The molecule has 0 bridgehead atoms. The maximum atomic E-state index is 11.9. The van der Waals surface area contributed by atoms with E-state index in [1.54, 1.807) is 7.05 Å². The number of rotatable bonds is 8. The van der Waals surface area contributed by atoms with E-state index in [-0.39, 0.29) is 29.9 Å². The van der Waals surface area contributed by atoms with Crippen molar-refractivity contribution < 1.29 is 9.53 Å². The minimum atomic E-state index is -0.523. The number of hydrogen-bond acceptors (Lipinski definition) is 3. The fraction of sp³-hybridized carbons (Fsp3) is 0.579. The van der Waals surface area contributed by atoms with Gasteiger partial charge in [0.2, 0.25) is 5.91 Å². The zero-order valence-corrected chi connectivity index (χ0v) is 19.1. The van der Waals surface area contributed by atoms with Gasteiger partial charge in [-0.05, 0) is 46.2 Å². The quantitative estimate of drug-likeness (QED) is 0.307. The highest BCUT2D eigenvalue weighted by Crippen LogP contribution is 2.21. The fourth-order valence-corrected chi connectivity index (χ4v) is 2.31. The number of carbonyl (C=O) groups excluding carboxylic acids is 1. The second kappa shape index (κ2) is 12.0. The molecule has 6 nitrogen and oxygen atoms in total. The van der Waals surface area contributed by atoms with Crippen LogP contribution in [0.2, 0.25) is 0 Å². The second-order valence-electron chi connectivity index (χ2n) is 6.56. The number of aryl methyl sites for hydroxylation is 1. The summed E-state index contributed by atoms with van der Waals surface area (Å²) >= 11 is 0. The smallest absolute Gasteiger partial charge is 0.227 e. The van der Waals surface area contributed by atoms with E-state index in [9.17, 15) is 4.79 Å². The SMILES string of the molecule is CCNC(=NCc1ccc(C)cc1OCC)NCC(C)(C)C(=O)NC.I. The molecule has 1 rings (SSSR count). The molecule has 148 valence electrons. The highest BCUT2D eigenvalue weighted by molar-refractivity contribution is 14.0. The summed E-state index contributed by atoms with van der Waals surface area (Å²) in [7, 11) is 1.65. The van der Waals surface area contributed by atoms with Crippen LogP contribution in [0.4, 0.5) is 0 Å². The highest BCUT2D eigenvalue weighted by atomic mass is 127. The average Bonchev–Trinajstić information content (AvgIpc) is 2.58. The fourth-order valence-electron chi connectivity index (χ4n) is 2.31. The summed E-state index contributed by atoms with van der Waals surface area (Å²) in [6.45, 7) is 12.2. The van der Waals surface area contributed by atoms with Gasteiger partial charge < -0.3 is 20.7 Å². The predicted octanol–water partition coefficient (Wildman–Crippen LogP) is 2.84. The van der Waals surface area contributed by atoms with Crippen molar-refractivity contribution in [3.8, 4) is 5.75 Å². The van der Waals surface area contributed by atoms with E-state index in [0.717, 1.165) is 23.4 Å². The lowest BCUT2D eigenvalue weighted by Gasteiger charge is -2.24. The molecule has 0 aromatic heterocycles. The van der Waals surface area contributed by atoms with Crippen molar-refractivity contribution in [2.24, 2.45) is 10.4 Å².